The molecule has 2 rings (SSSR count). The third kappa shape index (κ3) is 3.42. The molecule has 0 heterocycles. The quantitative estimate of drug-likeness (QED) is 0.488. The van der Waals surface area contributed by atoms with Crippen LogP contribution in [0, 0.1) is 5.82 Å². The van der Waals surface area contributed by atoms with E-state index < -0.39 is 23.6 Å². The predicted octanol–water partition coefficient (Wildman–Crippen LogP) is 4.16. The van der Waals surface area contributed by atoms with Crippen LogP contribution in [-0.4, -0.2) is 0 Å². The number of hydrazine groups is 1. The SMILES string of the molecule is NNC(c1cccc(C(F)(F)F)c1)c1cccc(Br)c1F. The molecule has 0 radical (unpaired) electrons. The van der Waals surface area contributed by atoms with Crippen molar-refractivity contribution in [3.63, 3.8) is 0 Å². The summed E-state index contributed by atoms with van der Waals surface area (Å²) in [5.41, 5.74) is 1.93. The molecule has 2 aromatic carbocycles. The number of hydrogen-bond acceptors (Lipinski definition) is 2. The number of benzene rings is 2. The van der Waals surface area contributed by atoms with Crippen LogP contribution in [0.1, 0.15) is 22.7 Å². The Morgan fingerprint density at radius 1 is 1.10 bits per heavy atom. The zero-order valence-electron chi connectivity index (χ0n) is 10.6. The van der Waals surface area contributed by atoms with Crippen LogP contribution in [0.15, 0.2) is 46.9 Å². The molecule has 7 heteroatoms. The van der Waals surface area contributed by atoms with E-state index in [2.05, 4.69) is 21.4 Å². The fraction of sp³-hybridized carbons (Fsp3) is 0.143. The largest absolute Gasteiger partial charge is 0.416 e. The van der Waals surface area contributed by atoms with E-state index >= 15 is 0 Å². The molecular weight excluding hydrogens is 352 g/mol. The number of hydrogen-bond donors (Lipinski definition) is 2. The van der Waals surface area contributed by atoms with E-state index in [0.29, 0.717) is 0 Å². The maximum absolute atomic E-state index is 14.1. The fourth-order valence-corrected chi connectivity index (χ4v) is 2.39. The monoisotopic (exact) mass is 362 g/mol. The molecule has 2 nitrogen and oxygen atoms in total. The highest BCUT2D eigenvalue weighted by atomic mass is 79.9. The lowest BCUT2D eigenvalue weighted by Gasteiger charge is -2.19. The van der Waals surface area contributed by atoms with Crippen molar-refractivity contribution in [3.05, 3.63) is 69.4 Å². The first-order valence-corrected chi connectivity index (χ1v) is 6.71. The highest BCUT2D eigenvalue weighted by Gasteiger charge is 2.31. The molecule has 0 aliphatic heterocycles. The summed E-state index contributed by atoms with van der Waals surface area (Å²) in [6, 6.07) is 8.28. The molecular formula is C14H11BrF4N2. The Hall–Kier alpha value is -1.44. The van der Waals surface area contributed by atoms with Crippen molar-refractivity contribution >= 4 is 15.9 Å². The van der Waals surface area contributed by atoms with E-state index in [0.717, 1.165) is 12.1 Å². The van der Waals surface area contributed by atoms with Crippen LogP contribution in [0.25, 0.3) is 0 Å². The zero-order valence-corrected chi connectivity index (χ0v) is 12.2. The summed E-state index contributed by atoms with van der Waals surface area (Å²) in [6.07, 6.45) is -4.47. The van der Waals surface area contributed by atoms with Crippen molar-refractivity contribution < 1.29 is 17.6 Å². The molecule has 0 aliphatic carbocycles. The Bertz CT molecular complexity index is 643. The molecule has 1 atom stereocenters. The highest BCUT2D eigenvalue weighted by molar-refractivity contribution is 9.10. The minimum atomic E-state index is -4.47. The molecule has 0 amide bonds. The van der Waals surface area contributed by atoms with Crippen molar-refractivity contribution in [2.75, 3.05) is 0 Å². The van der Waals surface area contributed by atoms with Gasteiger partial charge in [0.1, 0.15) is 5.82 Å². The van der Waals surface area contributed by atoms with Gasteiger partial charge < -0.3 is 0 Å². The van der Waals surface area contributed by atoms with Gasteiger partial charge >= 0.3 is 6.18 Å². The first-order chi connectivity index (χ1) is 9.84. The Balaban J connectivity index is 2.49. The number of alkyl halides is 3. The summed E-state index contributed by atoms with van der Waals surface area (Å²) in [7, 11) is 0. The molecule has 0 bridgehead atoms. The Labute approximate surface area is 127 Å². The van der Waals surface area contributed by atoms with Crippen LogP contribution in [0.3, 0.4) is 0 Å². The van der Waals surface area contributed by atoms with Crippen LogP contribution < -0.4 is 11.3 Å². The van der Waals surface area contributed by atoms with Crippen LogP contribution in [0.4, 0.5) is 17.6 Å². The lowest BCUT2D eigenvalue weighted by atomic mass is 9.97. The maximum atomic E-state index is 14.1. The number of rotatable bonds is 3. The molecule has 0 saturated carbocycles. The van der Waals surface area contributed by atoms with E-state index in [1.807, 2.05) is 0 Å². The van der Waals surface area contributed by atoms with Crippen LogP contribution in [0.2, 0.25) is 0 Å². The third-order valence-electron chi connectivity index (χ3n) is 3.01. The van der Waals surface area contributed by atoms with Gasteiger partial charge in [-0.15, -0.1) is 0 Å². The smallest absolute Gasteiger partial charge is 0.271 e. The van der Waals surface area contributed by atoms with Crippen LogP contribution in [-0.2, 0) is 6.18 Å². The zero-order chi connectivity index (χ0) is 15.6. The van der Waals surface area contributed by atoms with Gasteiger partial charge in [-0.1, -0.05) is 24.3 Å². The molecule has 0 aromatic heterocycles. The highest BCUT2D eigenvalue weighted by Crippen LogP contribution is 2.33. The Morgan fingerprint density at radius 2 is 1.76 bits per heavy atom. The molecule has 112 valence electrons. The lowest BCUT2D eigenvalue weighted by Crippen LogP contribution is -2.29. The summed E-state index contributed by atoms with van der Waals surface area (Å²) in [5, 5.41) is 0. The second kappa shape index (κ2) is 6.13. The minimum Gasteiger partial charge on any atom is -0.271 e. The number of nitrogens with two attached hydrogens (primary N) is 1. The topological polar surface area (TPSA) is 38.0 Å². The summed E-state index contributed by atoms with van der Waals surface area (Å²) in [4.78, 5) is 0. The summed E-state index contributed by atoms with van der Waals surface area (Å²) < 4.78 is 52.6. The lowest BCUT2D eigenvalue weighted by molar-refractivity contribution is -0.137. The molecule has 0 fully saturated rings. The third-order valence-corrected chi connectivity index (χ3v) is 3.62. The first kappa shape index (κ1) is 15.9. The molecule has 1 unspecified atom stereocenters. The predicted molar refractivity (Wildman–Crippen MR) is 74.7 cm³/mol. The first-order valence-electron chi connectivity index (χ1n) is 5.91. The van der Waals surface area contributed by atoms with Gasteiger partial charge in [-0.2, -0.15) is 13.2 Å². The Morgan fingerprint density at radius 3 is 2.38 bits per heavy atom. The summed E-state index contributed by atoms with van der Waals surface area (Å²) >= 11 is 3.04. The average Bonchev–Trinajstić information content (AvgIpc) is 2.44. The number of halogens is 5. The normalized spacial score (nSPS) is 13.2. The van der Waals surface area contributed by atoms with Gasteiger partial charge in [0.15, 0.2) is 0 Å². The standard InChI is InChI=1S/C14H11BrF4N2/c15-11-6-2-5-10(12(11)16)13(21-20)8-3-1-4-9(7-8)14(17,18)19/h1-7,13,21H,20H2. The van der Waals surface area contributed by atoms with E-state index in [-0.39, 0.29) is 15.6 Å². The fourth-order valence-electron chi connectivity index (χ4n) is 2.00. The maximum Gasteiger partial charge on any atom is 0.416 e. The molecule has 21 heavy (non-hydrogen) atoms. The second-order valence-electron chi connectivity index (χ2n) is 4.37. The van der Waals surface area contributed by atoms with Gasteiger partial charge in [0.25, 0.3) is 0 Å². The van der Waals surface area contributed by atoms with E-state index in [9.17, 15) is 17.6 Å². The van der Waals surface area contributed by atoms with Gasteiger partial charge in [0.05, 0.1) is 16.1 Å². The molecule has 0 spiro atoms. The second-order valence-corrected chi connectivity index (χ2v) is 5.22. The minimum absolute atomic E-state index is 0.159. The van der Waals surface area contributed by atoms with Gasteiger partial charge in [-0.25, -0.2) is 9.82 Å². The van der Waals surface area contributed by atoms with Gasteiger partial charge in [-0.05, 0) is 39.7 Å². The molecule has 3 N–H and O–H groups in total. The van der Waals surface area contributed by atoms with E-state index in [1.54, 1.807) is 6.07 Å². The molecule has 0 saturated heterocycles. The molecule has 2 aromatic rings. The summed E-state index contributed by atoms with van der Waals surface area (Å²) in [6.45, 7) is 0. The van der Waals surface area contributed by atoms with Gasteiger partial charge in [0.2, 0.25) is 0 Å². The summed E-state index contributed by atoms with van der Waals surface area (Å²) in [5.74, 6) is 4.83. The van der Waals surface area contributed by atoms with Crippen molar-refractivity contribution in [1.82, 2.24) is 5.43 Å². The van der Waals surface area contributed by atoms with Crippen molar-refractivity contribution in [2.24, 2.45) is 5.84 Å². The van der Waals surface area contributed by atoms with Crippen LogP contribution in [0.5, 0.6) is 0 Å². The van der Waals surface area contributed by atoms with Gasteiger partial charge in [-0.3, -0.25) is 5.84 Å². The van der Waals surface area contributed by atoms with E-state index in [4.69, 9.17) is 5.84 Å². The Kier molecular flexibility index (Phi) is 4.65. The van der Waals surface area contributed by atoms with E-state index in [1.165, 1.54) is 24.3 Å². The van der Waals surface area contributed by atoms with Crippen molar-refractivity contribution in [2.45, 2.75) is 12.2 Å². The van der Waals surface area contributed by atoms with Crippen molar-refractivity contribution in [1.29, 1.82) is 0 Å². The average molecular weight is 363 g/mol. The van der Waals surface area contributed by atoms with Crippen molar-refractivity contribution in [3.8, 4) is 0 Å². The van der Waals surface area contributed by atoms with Crippen LogP contribution >= 0.6 is 15.9 Å². The number of nitrogens with one attached hydrogen (secondary N) is 1. The molecule has 0 aliphatic rings. The van der Waals surface area contributed by atoms with Gasteiger partial charge in [0, 0.05) is 5.56 Å².